The summed E-state index contributed by atoms with van der Waals surface area (Å²) in [6.45, 7) is 3.13. The van der Waals surface area contributed by atoms with E-state index in [1.807, 2.05) is 11.8 Å². The smallest absolute Gasteiger partial charge is 0.396 e. The molecule has 4 heterocycles. The van der Waals surface area contributed by atoms with E-state index in [0.717, 1.165) is 12.5 Å². The average molecular weight is 489 g/mol. The van der Waals surface area contributed by atoms with Gasteiger partial charge < -0.3 is 21.4 Å². The summed E-state index contributed by atoms with van der Waals surface area (Å²) in [5.74, 6) is 6.03. The lowest BCUT2D eigenvalue weighted by Gasteiger charge is -2.37. The minimum atomic E-state index is -4.65. The molecule has 35 heavy (non-hydrogen) atoms. The van der Waals surface area contributed by atoms with E-state index in [-0.39, 0.29) is 23.2 Å². The van der Waals surface area contributed by atoms with Crippen molar-refractivity contribution in [3.8, 4) is 11.3 Å². The molecule has 0 saturated carbocycles. The normalized spacial score (nSPS) is 14.9. The molecule has 1 saturated heterocycles. The summed E-state index contributed by atoms with van der Waals surface area (Å²) >= 11 is 0. The first kappa shape index (κ1) is 24.5. The maximum Gasteiger partial charge on any atom is 0.419 e. The first-order chi connectivity index (χ1) is 16.6. The molecule has 0 bridgehead atoms. The summed E-state index contributed by atoms with van der Waals surface area (Å²) in [7, 11) is 0. The fraction of sp³-hybridized carbons (Fsp3) is 0.391. The van der Waals surface area contributed by atoms with E-state index >= 15 is 0 Å². The van der Waals surface area contributed by atoms with Crippen molar-refractivity contribution in [1.29, 1.82) is 0 Å². The van der Waals surface area contributed by atoms with E-state index in [2.05, 4.69) is 15.0 Å². The van der Waals surface area contributed by atoms with Crippen molar-refractivity contribution >= 4 is 34.1 Å². The summed E-state index contributed by atoms with van der Waals surface area (Å²) in [5, 5.41) is 1.54. The number of piperidine rings is 1. The van der Waals surface area contributed by atoms with Crippen molar-refractivity contribution in [3.05, 3.63) is 36.2 Å². The molecule has 12 heteroatoms. The van der Waals surface area contributed by atoms with Gasteiger partial charge in [-0.05, 0) is 37.5 Å². The number of carbonyl (C=O) groups excluding carboxylic acids is 1. The number of carbonyl (C=O) groups is 1. The van der Waals surface area contributed by atoms with Gasteiger partial charge in [0.25, 0.3) is 0 Å². The molecule has 0 aromatic carbocycles. The first-order valence-corrected chi connectivity index (χ1v) is 11.3. The summed E-state index contributed by atoms with van der Waals surface area (Å²) in [4.78, 5) is 26.6. The molecule has 6 N–H and O–H groups in total. The second kappa shape index (κ2) is 9.53. The van der Waals surface area contributed by atoms with Crippen molar-refractivity contribution in [2.45, 2.75) is 44.8 Å². The Bertz CT molecular complexity index is 1240. The van der Waals surface area contributed by atoms with Crippen molar-refractivity contribution in [1.82, 2.24) is 19.9 Å². The molecule has 3 aromatic rings. The third-order valence-corrected chi connectivity index (χ3v) is 6.17. The Balaban J connectivity index is 1.68. The van der Waals surface area contributed by atoms with Gasteiger partial charge in [0.05, 0.1) is 28.7 Å². The van der Waals surface area contributed by atoms with Crippen molar-refractivity contribution in [2.75, 3.05) is 29.6 Å². The summed E-state index contributed by atoms with van der Waals surface area (Å²) in [6.07, 6.45) is 0.664. The Morgan fingerprint density at radius 2 is 1.89 bits per heavy atom. The number of hydrazine groups is 1. The third kappa shape index (κ3) is 4.92. The summed E-state index contributed by atoms with van der Waals surface area (Å²) in [5.41, 5.74) is 12.6. The standard InChI is InChI=1S/C23H27F3N8O/c1-2-3-19(35)33-8-6-14(7-9-33)34(29)21-16(27)12-30-18-5-4-17(32-20(18)21)13-10-15(23(24,25)26)22(28)31-11-13/h4-5,10-12,14H,2-3,6-9,27,29H2,1H3,(H2,28,31). The molecule has 1 aliphatic heterocycles. The highest BCUT2D eigenvalue weighted by molar-refractivity contribution is 5.95. The van der Waals surface area contributed by atoms with Crippen molar-refractivity contribution < 1.29 is 18.0 Å². The monoisotopic (exact) mass is 488 g/mol. The van der Waals surface area contributed by atoms with Crippen LogP contribution in [0.25, 0.3) is 22.3 Å². The molecular weight excluding hydrogens is 461 g/mol. The highest BCUT2D eigenvalue weighted by Crippen LogP contribution is 2.36. The van der Waals surface area contributed by atoms with Crippen LogP contribution in [0.2, 0.25) is 0 Å². The predicted molar refractivity (Wildman–Crippen MR) is 128 cm³/mol. The van der Waals surface area contributed by atoms with Crippen LogP contribution in [-0.4, -0.2) is 44.9 Å². The maximum atomic E-state index is 13.3. The van der Waals surface area contributed by atoms with Crippen molar-refractivity contribution in [3.63, 3.8) is 0 Å². The zero-order valence-corrected chi connectivity index (χ0v) is 19.2. The van der Waals surface area contributed by atoms with E-state index in [0.29, 0.717) is 54.8 Å². The number of hydrogen-bond donors (Lipinski definition) is 3. The van der Waals surface area contributed by atoms with Gasteiger partial charge in [-0.3, -0.25) is 9.78 Å². The Morgan fingerprint density at radius 1 is 1.17 bits per heavy atom. The minimum Gasteiger partial charge on any atom is -0.396 e. The number of nitrogens with zero attached hydrogens (tertiary/aromatic N) is 5. The predicted octanol–water partition coefficient (Wildman–Crippen LogP) is 3.35. The molecular formula is C23H27F3N8O. The number of nitrogens with two attached hydrogens (primary N) is 3. The SMILES string of the molecule is CCCC(=O)N1CCC(N(N)c2c(N)cnc3ccc(-c4cnc(N)c(C(F)(F)F)c4)nc23)CC1. The van der Waals surface area contributed by atoms with E-state index < -0.39 is 17.6 Å². The lowest BCUT2D eigenvalue weighted by molar-refractivity contribution is -0.137. The number of amides is 1. The Kier molecular flexibility index (Phi) is 6.66. The van der Waals surface area contributed by atoms with Gasteiger partial charge in [-0.2, -0.15) is 13.2 Å². The van der Waals surface area contributed by atoms with Crippen LogP contribution in [0.15, 0.2) is 30.6 Å². The number of fused-ring (bicyclic) bond motifs is 1. The topological polar surface area (TPSA) is 140 Å². The second-order valence-corrected chi connectivity index (χ2v) is 8.55. The van der Waals surface area contributed by atoms with Crippen LogP contribution in [0.4, 0.5) is 30.4 Å². The molecule has 186 valence electrons. The van der Waals surface area contributed by atoms with Crippen LogP contribution in [0.5, 0.6) is 0 Å². The quantitative estimate of drug-likeness (QED) is 0.367. The van der Waals surface area contributed by atoms with Crippen LogP contribution in [0.3, 0.4) is 0 Å². The lowest BCUT2D eigenvalue weighted by atomic mass is 10.0. The summed E-state index contributed by atoms with van der Waals surface area (Å²) < 4.78 is 40.0. The molecule has 0 atom stereocenters. The number of anilines is 3. The van der Waals surface area contributed by atoms with Gasteiger partial charge >= 0.3 is 6.18 Å². The average Bonchev–Trinajstić information content (AvgIpc) is 2.83. The molecule has 4 rings (SSSR count). The number of likely N-dealkylation sites (tertiary alicyclic amines) is 1. The molecule has 0 aliphatic carbocycles. The zero-order chi connectivity index (χ0) is 25.3. The zero-order valence-electron chi connectivity index (χ0n) is 19.2. The molecule has 1 aliphatic rings. The molecule has 0 unspecified atom stereocenters. The molecule has 0 radical (unpaired) electrons. The molecule has 0 spiro atoms. The van der Waals surface area contributed by atoms with Crippen LogP contribution in [0.1, 0.15) is 38.2 Å². The Hall–Kier alpha value is -3.67. The molecule has 9 nitrogen and oxygen atoms in total. The van der Waals surface area contributed by atoms with E-state index in [4.69, 9.17) is 17.3 Å². The van der Waals surface area contributed by atoms with Crippen LogP contribution >= 0.6 is 0 Å². The van der Waals surface area contributed by atoms with E-state index in [1.165, 1.54) is 12.4 Å². The largest absolute Gasteiger partial charge is 0.419 e. The van der Waals surface area contributed by atoms with Crippen LogP contribution in [0, 0.1) is 0 Å². The van der Waals surface area contributed by atoms with Gasteiger partial charge in [-0.25, -0.2) is 15.8 Å². The van der Waals surface area contributed by atoms with Crippen molar-refractivity contribution in [2.24, 2.45) is 5.84 Å². The maximum absolute atomic E-state index is 13.3. The number of pyridine rings is 3. The van der Waals surface area contributed by atoms with Gasteiger partial charge in [0.15, 0.2) is 0 Å². The van der Waals surface area contributed by atoms with Gasteiger partial charge in [0, 0.05) is 37.3 Å². The van der Waals surface area contributed by atoms with E-state index in [9.17, 15) is 18.0 Å². The fourth-order valence-electron chi connectivity index (χ4n) is 4.29. The number of nitrogen functional groups attached to an aromatic ring is 2. The highest BCUT2D eigenvalue weighted by atomic mass is 19.4. The molecule has 1 fully saturated rings. The van der Waals surface area contributed by atoms with Crippen LogP contribution < -0.4 is 22.3 Å². The Morgan fingerprint density at radius 3 is 2.54 bits per heavy atom. The second-order valence-electron chi connectivity index (χ2n) is 8.55. The number of alkyl halides is 3. The van der Waals surface area contributed by atoms with Gasteiger partial charge in [-0.1, -0.05) is 6.92 Å². The molecule has 3 aromatic heterocycles. The van der Waals surface area contributed by atoms with Gasteiger partial charge in [0.2, 0.25) is 5.91 Å². The fourth-order valence-corrected chi connectivity index (χ4v) is 4.29. The molecule has 1 amide bonds. The number of hydrogen-bond acceptors (Lipinski definition) is 8. The van der Waals surface area contributed by atoms with Gasteiger partial charge in [-0.15, -0.1) is 0 Å². The first-order valence-electron chi connectivity index (χ1n) is 11.3. The van der Waals surface area contributed by atoms with Crippen LogP contribution in [-0.2, 0) is 11.0 Å². The third-order valence-electron chi connectivity index (χ3n) is 6.17. The number of rotatable bonds is 5. The minimum absolute atomic E-state index is 0.103. The summed E-state index contributed by atoms with van der Waals surface area (Å²) in [6, 6.07) is 4.01. The highest BCUT2D eigenvalue weighted by Gasteiger charge is 2.34. The number of aromatic nitrogens is 3. The number of halogens is 3. The van der Waals surface area contributed by atoms with E-state index in [1.54, 1.807) is 17.1 Å². The van der Waals surface area contributed by atoms with Gasteiger partial charge in [0.1, 0.15) is 17.0 Å². The Labute approximate surface area is 200 Å². The lowest BCUT2D eigenvalue weighted by Crippen LogP contribution is -2.50.